The molecule has 1 aromatic heterocycles. The largest absolute Gasteiger partial charge is 0.308 e. The number of rotatable bonds is 3. The van der Waals surface area contributed by atoms with Crippen LogP contribution in [-0.2, 0) is 13.6 Å². The third-order valence-corrected chi connectivity index (χ3v) is 3.96. The molecule has 1 aromatic rings. The highest BCUT2D eigenvalue weighted by Gasteiger charge is 2.31. The topological polar surface area (TPSA) is 29.9 Å². The molecule has 0 aromatic carbocycles. The Morgan fingerprint density at radius 2 is 2.31 bits per heavy atom. The standard InChI is InChI=1S/C13H23N3/c1-13(2)8-5-4-6-12(13)14-10-11-7-9-15-16(11)3/h7,9,12,14H,4-6,8,10H2,1-3H3. The molecule has 1 aliphatic carbocycles. The van der Waals surface area contributed by atoms with Crippen molar-refractivity contribution in [3.8, 4) is 0 Å². The van der Waals surface area contributed by atoms with E-state index in [1.165, 1.54) is 31.4 Å². The lowest BCUT2D eigenvalue weighted by Gasteiger charge is -2.39. The lowest BCUT2D eigenvalue weighted by atomic mass is 9.73. The zero-order chi connectivity index (χ0) is 11.6. The van der Waals surface area contributed by atoms with Gasteiger partial charge in [0.1, 0.15) is 0 Å². The normalized spacial score (nSPS) is 24.6. The first-order valence-corrected chi connectivity index (χ1v) is 6.30. The molecule has 1 atom stereocenters. The highest BCUT2D eigenvalue weighted by molar-refractivity contribution is 5.00. The van der Waals surface area contributed by atoms with Crippen molar-refractivity contribution in [2.75, 3.05) is 0 Å². The number of nitrogens with one attached hydrogen (secondary N) is 1. The third-order valence-electron chi connectivity index (χ3n) is 3.96. The molecule has 16 heavy (non-hydrogen) atoms. The maximum atomic E-state index is 4.19. The van der Waals surface area contributed by atoms with Crippen molar-refractivity contribution >= 4 is 0 Å². The van der Waals surface area contributed by atoms with E-state index in [0.29, 0.717) is 11.5 Å². The quantitative estimate of drug-likeness (QED) is 0.850. The van der Waals surface area contributed by atoms with Crippen molar-refractivity contribution in [1.29, 1.82) is 0 Å². The fourth-order valence-corrected chi connectivity index (χ4v) is 2.67. The fourth-order valence-electron chi connectivity index (χ4n) is 2.67. The van der Waals surface area contributed by atoms with E-state index in [4.69, 9.17) is 0 Å². The van der Waals surface area contributed by atoms with Gasteiger partial charge in [-0.2, -0.15) is 5.10 Å². The molecule has 0 saturated heterocycles. The molecule has 1 saturated carbocycles. The summed E-state index contributed by atoms with van der Waals surface area (Å²) in [5.74, 6) is 0. The van der Waals surface area contributed by atoms with Crippen molar-refractivity contribution in [3.05, 3.63) is 18.0 Å². The van der Waals surface area contributed by atoms with Crippen LogP contribution in [0.4, 0.5) is 0 Å². The van der Waals surface area contributed by atoms with Gasteiger partial charge in [0.2, 0.25) is 0 Å². The maximum Gasteiger partial charge on any atom is 0.0518 e. The van der Waals surface area contributed by atoms with E-state index < -0.39 is 0 Å². The second-order valence-electron chi connectivity index (χ2n) is 5.61. The Balaban J connectivity index is 1.92. The van der Waals surface area contributed by atoms with E-state index in [9.17, 15) is 0 Å². The van der Waals surface area contributed by atoms with Crippen LogP contribution in [0.3, 0.4) is 0 Å². The first kappa shape index (κ1) is 11.6. The van der Waals surface area contributed by atoms with Gasteiger partial charge in [-0.1, -0.05) is 26.7 Å². The molecule has 1 heterocycles. The van der Waals surface area contributed by atoms with Crippen LogP contribution in [0.1, 0.15) is 45.2 Å². The predicted octanol–water partition coefficient (Wildman–Crippen LogP) is 2.48. The van der Waals surface area contributed by atoms with Gasteiger partial charge in [0.15, 0.2) is 0 Å². The van der Waals surface area contributed by atoms with E-state index in [0.717, 1.165) is 6.54 Å². The fraction of sp³-hybridized carbons (Fsp3) is 0.769. The van der Waals surface area contributed by atoms with E-state index in [1.807, 2.05) is 17.9 Å². The lowest BCUT2D eigenvalue weighted by molar-refractivity contribution is 0.166. The van der Waals surface area contributed by atoms with Gasteiger partial charge < -0.3 is 5.32 Å². The molecule has 0 bridgehead atoms. The first-order valence-electron chi connectivity index (χ1n) is 6.30. The molecule has 3 nitrogen and oxygen atoms in total. The monoisotopic (exact) mass is 221 g/mol. The molecule has 3 heteroatoms. The molecule has 0 amide bonds. The Bertz CT molecular complexity index is 341. The maximum absolute atomic E-state index is 4.19. The Kier molecular flexibility index (Phi) is 3.33. The summed E-state index contributed by atoms with van der Waals surface area (Å²) in [7, 11) is 2.00. The van der Waals surface area contributed by atoms with Crippen molar-refractivity contribution in [2.45, 2.75) is 52.1 Å². The average molecular weight is 221 g/mol. The van der Waals surface area contributed by atoms with Gasteiger partial charge >= 0.3 is 0 Å². The van der Waals surface area contributed by atoms with E-state index in [1.54, 1.807) is 0 Å². The summed E-state index contributed by atoms with van der Waals surface area (Å²) >= 11 is 0. The number of hydrogen-bond acceptors (Lipinski definition) is 2. The molecule has 1 unspecified atom stereocenters. The Labute approximate surface area is 98.2 Å². The Hall–Kier alpha value is -0.830. The van der Waals surface area contributed by atoms with Crippen LogP contribution >= 0.6 is 0 Å². The number of hydrogen-bond donors (Lipinski definition) is 1. The van der Waals surface area contributed by atoms with Gasteiger partial charge in [-0.25, -0.2) is 0 Å². The minimum absolute atomic E-state index is 0.441. The Morgan fingerprint density at radius 3 is 2.94 bits per heavy atom. The molecule has 1 aliphatic rings. The van der Waals surface area contributed by atoms with E-state index >= 15 is 0 Å². The molecule has 0 aliphatic heterocycles. The van der Waals surface area contributed by atoms with E-state index in [2.05, 4.69) is 30.3 Å². The minimum Gasteiger partial charge on any atom is -0.308 e. The van der Waals surface area contributed by atoms with Crippen molar-refractivity contribution < 1.29 is 0 Å². The number of aryl methyl sites for hydroxylation is 1. The number of aromatic nitrogens is 2. The summed E-state index contributed by atoms with van der Waals surface area (Å²) in [5.41, 5.74) is 1.71. The zero-order valence-electron chi connectivity index (χ0n) is 10.7. The summed E-state index contributed by atoms with van der Waals surface area (Å²) in [5, 5.41) is 7.89. The summed E-state index contributed by atoms with van der Waals surface area (Å²) in [6.07, 6.45) is 7.27. The average Bonchev–Trinajstić information content (AvgIpc) is 2.62. The van der Waals surface area contributed by atoms with Crippen molar-refractivity contribution in [3.63, 3.8) is 0 Å². The third kappa shape index (κ3) is 2.46. The lowest BCUT2D eigenvalue weighted by Crippen LogP contribution is -2.43. The molecule has 0 spiro atoms. The Morgan fingerprint density at radius 1 is 1.50 bits per heavy atom. The van der Waals surface area contributed by atoms with Crippen LogP contribution in [0.15, 0.2) is 12.3 Å². The molecule has 1 fully saturated rings. The van der Waals surface area contributed by atoms with Gasteiger partial charge in [-0.15, -0.1) is 0 Å². The first-order chi connectivity index (χ1) is 7.59. The molecule has 2 rings (SSSR count). The number of nitrogens with zero attached hydrogens (tertiary/aromatic N) is 2. The zero-order valence-corrected chi connectivity index (χ0v) is 10.7. The van der Waals surface area contributed by atoms with Gasteiger partial charge in [0, 0.05) is 25.8 Å². The van der Waals surface area contributed by atoms with Crippen LogP contribution in [0.25, 0.3) is 0 Å². The van der Waals surface area contributed by atoms with Crippen molar-refractivity contribution in [2.24, 2.45) is 12.5 Å². The highest BCUT2D eigenvalue weighted by atomic mass is 15.3. The molecule has 90 valence electrons. The summed E-state index contributed by atoms with van der Waals surface area (Å²) in [6, 6.07) is 2.74. The summed E-state index contributed by atoms with van der Waals surface area (Å²) in [6.45, 7) is 5.70. The predicted molar refractivity (Wildman–Crippen MR) is 66.1 cm³/mol. The van der Waals surface area contributed by atoms with Gasteiger partial charge in [-0.05, 0) is 24.3 Å². The van der Waals surface area contributed by atoms with Gasteiger partial charge in [-0.3, -0.25) is 4.68 Å². The minimum atomic E-state index is 0.441. The summed E-state index contributed by atoms with van der Waals surface area (Å²) < 4.78 is 1.95. The van der Waals surface area contributed by atoms with Gasteiger partial charge in [0.05, 0.1) is 5.69 Å². The molecular formula is C13H23N3. The van der Waals surface area contributed by atoms with Gasteiger partial charge in [0.25, 0.3) is 0 Å². The molecule has 0 radical (unpaired) electrons. The van der Waals surface area contributed by atoms with Crippen LogP contribution in [0, 0.1) is 5.41 Å². The summed E-state index contributed by atoms with van der Waals surface area (Å²) in [4.78, 5) is 0. The van der Waals surface area contributed by atoms with Crippen LogP contribution < -0.4 is 5.32 Å². The van der Waals surface area contributed by atoms with Crippen LogP contribution in [-0.4, -0.2) is 15.8 Å². The SMILES string of the molecule is Cn1nccc1CNC1CCCCC1(C)C. The molecular weight excluding hydrogens is 198 g/mol. The smallest absolute Gasteiger partial charge is 0.0518 e. The van der Waals surface area contributed by atoms with Crippen LogP contribution in [0.5, 0.6) is 0 Å². The second-order valence-corrected chi connectivity index (χ2v) is 5.61. The second kappa shape index (κ2) is 4.58. The van der Waals surface area contributed by atoms with E-state index in [-0.39, 0.29) is 0 Å². The molecule has 1 N–H and O–H groups in total. The van der Waals surface area contributed by atoms with Crippen molar-refractivity contribution in [1.82, 2.24) is 15.1 Å². The highest BCUT2D eigenvalue weighted by Crippen LogP contribution is 2.35. The van der Waals surface area contributed by atoms with Crippen LogP contribution in [0.2, 0.25) is 0 Å².